The standard InChI is InChI=1S/C16H31N/c1-10(2)7-11(3)17-15-9-13-8-14(12(15)4)16(13,5)6/h10-15,17H,7-9H2,1-6H3/t11?,12-,13-,14+,15-/m1/s1. The first-order valence-corrected chi connectivity index (χ1v) is 7.58. The molecule has 2 bridgehead atoms. The van der Waals surface area contributed by atoms with E-state index < -0.39 is 0 Å². The van der Waals surface area contributed by atoms with Crippen LogP contribution in [0.2, 0.25) is 0 Å². The highest BCUT2D eigenvalue weighted by atomic mass is 15.0. The Bertz CT molecular complexity index is 269. The van der Waals surface area contributed by atoms with E-state index in [1.165, 1.54) is 19.3 Å². The number of hydrogen-bond donors (Lipinski definition) is 1. The van der Waals surface area contributed by atoms with Crippen molar-refractivity contribution >= 4 is 0 Å². The van der Waals surface area contributed by atoms with Crippen molar-refractivity contribution in [3.05, 3.63) is 0 Å². The van der Waals surface area contributed by atoms with Crippen molar-refractivity contribution in [3.8, 4) is 0 Å². The molecule has 0 spiro atoms. The molecule has 0 aromatic heterocycles. The number of fused-ring (bicyclic) bond motifs is 2. The lowest BCUT2D eigenvalue weighted by atomic mass is 9.44. The van der Waals surface area contributed by atoms with Gasteiger partial charge in [-0.1, -0.05) is 34.6 Å². The van der Waals surface area contributed by atoms with Crippen molar-refractivity contribution in [2.45, 2.75) is 72.9 Å². The average molecular weight is 237 g/mol. The lowest BCUT2D eigenvalue weighted by Crippen LogP contribution is -2.61. The van der Waals surface area contributed by atoms with Crippen LogP contribution < -0.4 is 5.32 Å². The summed E-state index contributed by atoms with van der Waals surface area (Å²) in [6, 6.07) is 1.46. The Balaban J connectivity index is 1.88. The van der Waals surface area contributed by atoms with Gasteiger partial charge in [-0.3, -0.25) is 0 Å². The van der Waals surface area contributed by atoms with Crippen LogP contribution in [-0.4, -0.2) is 12.1 Å². The lowest BCUT2D eigenvalue weighted by Gasteiger charge is -2.62. The van der Waals surface area contributed by atoms with E-state index in [0.29, 0.717) is 11.5 Å². The normalized spacial score (nSPS) is 41.1. The van der Waals surface area contributed by atoms with Crippen LogP contribution in [0.5, 0.6) is 0 Å². The van der Waals surface area contributed by atoms with Crippen LogP contribution in [0.4, 0.5) is 0 Å². The third-order valence-corrected chi connectivity index (χ3v) is 5.68. The molecule has 1 unspecified atom stereocenters. The minimum absolute atomic E-state index is 0.624. The Kier molecular flexibility index (Phi) is 3.60. The molecule has 100 valence electrons. The summed E-state index contributed by atoms with van der Waals surface area (Å²) in [4.78, 5) is 0. The second kappa shape index (κ2) is 4.57. The van der Waals surface area contributed by atoms with E-state index in [1.54, 1.807) is 0 Å². The molecular formula is C16H31N. The molecule has 3 aliphatic rings. The van der Waals surface area contributed by atoms with Crippen LogP contribution in [0.1, 0.15) is 60.8 Å². The summed E-state index contributed by atoms with van der Waals surface area (Å²) in [7, 11) is 0. The van der Waals surface area contributed by atoms with Crippen molar-refractivity contribution in [2.24, 2.45) is 29.1 Å². The molecule has 1 N–H and O–H groups in total. The zero-order valence-electron chi connectivity index (χ0n) is 12.6. The van der Waals surface area contributed by atoms with E-state index in [-0.39, 0.29) is 0 Å². The van der Waals surface area contributed by atoms with Crippen molar-refractivity contribution in [2.75, 3.05) is 0 Å². The molecule has 0 heterocycles. The molecule has 3 fully saturated rings. The molecule has 0 saturated heterocycles. The van der Waals surface area contributed by atoms with Crippen LogP contribution in [-0.2, 0) is 0 Å². The Labute approximate surface area is 108 Å². The molecule has 0 aliphatic heterocycles. The maximum Gasteiger partial charge on any atom is 0.0101 e. The summed E-state index contributed by atoms with van der Waals surface area (Å²) >= 11 is 0. The summed E-state index contributed by atoms with van der Waals surface area (Å²) in [5, 5.41) is 3.90. The van der Waals surface area contributed by atoms with Gasteiger partial charge >= 0.3 is 0 Å². The van der Waals surface area contributed by atoms with E-state index in [2.05, 4.69) is 46.9 Å². The third-order valence-electron chi connectivity index (χ3n) is 5.68. The lowest BCUT2D eigenvalue weighted by molar-refractivity contribution is -0.116. The van der Waals surface area contributed by atoms with Gasteiger partial charge < -0.3 is 5.32 Å². The van der Waals surface area contributed by atoms with E-state index in [1.807, 2.05) is 0 Å². The maximum atomic E-state index is 3.90. The Morgan fingerprint density at radius 2 is 1.82 bits per heavy atom. The van der Waals surface area contributed by atoms with Crippen LogP contribution in [0, 0.1) is 29.1 Å². The van der Waals surface area contributed by atoms with Crippen molar-refractivity contribution in [1.82, 2.24) is 5.32 Å². The zero-order valence-corrected chi connectivity index (χ0v) is 12.6. The predicted octanol–water partition coefficient (Wildman–Crippen LogP) is 4.08. The molecule has 17 heavy (non-hydrogen) atoms. The summed E-state index contributed by atoms with van der Waals surface area (Å²) in [6.45, 7) is 14.4. The number of nitrogens with one attached hydrogen (secondary N) is 1. The van der Waals surface area contributed by atoms with Crippen molar-refractivity contribution < 1.29 is 0 Å². The van der Waals surface area contributed by atoms with Gasteiger partial charge in [-0.2, -0.15) is 0 Å². The van der Waals surface area contributed by atoms with E-state index >= 15 is 0 Å². The van der Waals surface area contributed by atoms with Gasteiger partial charge in [0.25, 0.3) is 0 Å². The van der Waals surface area contributed by atoms with Gasteiger partial charge in [0.1, 0.15) is 0 Å². The highest BCUT2D eigenvalue weighted by molar-refractivity contribution is 5.07. The minimum atomic E-state index is 0.624. The SMILES string of the molecule is CC(C)CC(C)N[C@@H]1C[C@H]2C[C@@H]([C@H]1C)C2(C)C. The molecule has 3 aliphatic carbocycles. The molecule has 0 aromatic rings. The fourth-order valence-corrected chi connectivity index (χ4v) is 4.51. The quantitative estimate of drug-likeness (QED) is 0.777. The fourth-order valence-electron chi connectivity index (χ4n) is 4.51. The minimum Gasteiger partial charge on any atom is -0.311 e. The first-order valence-electron chi connectivity index (χ1n) is 7.58. The maximum absolute atomic E-state index is 3.90. The Morgan fingerprint density at radius 1 is 1.18 bits per heavy atom. The van der Waals surface area contributed by atoms with Gasteiger partial charge in [-0.05, 0) is 55.3 Å². The van der Waals surface area contributed by atoms with Crippen LogP contribution in [0.15, 0.2) is 0 Å². The highest BCUT2D eigenvalue weighted by Gasteiger charge is 2.56. The first-order chi connectivity index (χ1) is 7.82. The average Bonchev–Trinajstić information content (AvgIpc) is 2.18. The molecule has 0 radical (unpaired) electrons. The monoisotopic (exact) mass is 237 g/mol. The number of hydrogen-bond acceptors (Lipinski definition) is 1. The third kappa shape index (κ3) is 2.41. The highest BCUT2D eigenvalue weighted by Crippen LogP contribution is 2.61. The van der Waals surface area contributed by atoms with Crippen LogP contribution in [0.3, 0.4) is 0 Å². The van der Waals surface area contributed by atoms with Gasteiger partial charge in [0.15, 0.2) is 0 Å². The Morgan fingerprint density at radius 3 is 2.29 bits per heavy atom. The molecule has 3 saturated carbocycles. The first kappa shape index (κ1) is 13.4. The van der Waals surface area contributed by atoms with Gasteiger partial charge in [0, 0.05) is 12.1 Å². The molecule has 3 rings (SSSR count). The number of rotatable bonds is 4. The molecular weight excluding hydrogens is 206 g/mol. The van der Waals surface area contributed by atoms with Crippen LogP contribution in [0.25, 0.3) is 0 Å². The van der Waals surface area contributed by atoms with E-state index in [4.69, 9.17) is 0 Å². The second-order valence-electron chi connectivity index (χ2n) is 7.76. The summed E-state index contributed by atoms with van der Waals surface area (Å²) in [6.07, 6.45) is 4.21. The molecule has 5 atom stereocenters. The summed E-state index contributed by atoms with van der Waals surface area (Å²) < 4.78 is 0. The second-order valence-corrected chi connectivity index (χ2v) is 7.76. The molecule has 0 aromatic carbocycles. The summed E-state index contributed by atoms with van der Waals surface area (Å²) in [5.41, 5.74) is 0.624. The zero-order chi connectivity index (χ0) is 12.8. The van der Waals surface area contributed by atoms with Crippen molar-refractivity contribution in [3.63, 3.8) is 0 Å². The van der Waals surface area contributed by atoms with E-state index in [0.717, 1.165) is 29.7 Å². The fraction of sp³-hybridized carbons (Fsp3) is 1.00. The van der Waals surface area contributed by atoms with Gasteiger partial charge in [-0.15, -0.1) is 0 Å². The van der Waals surface area contributed by atoms with Gasteiger partial charge in [-0.25, -0.2) is 0 Å². The van der Waals surface area contributed by atoms with Crippen LogP contribution >= 0.6 is 0 Å². The van der Waals surface area contributed by atoms with Gasteiger partial charge in [0.2, 0.25) is 0 Å². The molecule has 1 heteroatoms. The summed E-state index contributed by atoms with van der Waals surface area (Å²) in [5.74, 6) is 3.62. The largest absolute Gasteiger partial charge is 0.311 e. The van der Waals surface area contributed by atoms with Gasteiger partial charge in [0.05, 0.1) is 0 Å². The molecule has 0 amide bonds. The van der Waals surface area contributed by atoms with E-state index in [9.17, 15) is 0 Å². The molecule has 1 nitrogen and oxygen atoms in total. The van der Waals surface area contributed by atoms with Crippen molar-refractivity contribution in [1.29, 1.82) is 0 Å². The predicted molar refractivity (Wildman–Crippen MR) is 75.0 cm³/mol. The topological polar surface area (TPSA) is 12.0 Å². The smallest absolute Gasteiger partial charge is 0.0101 e. The Hall–Kier alpha value is -0.0400.